The minimum atomic E-state index is -3.52. The molecular formula is C20H25N3O4S. The number of rotatable bonds is 7. The summed E-state index contributed by atoms with van der Waals surface area (Å²) >= 11 is 0. The van der Waals surface area contributed by atoms with E-state index in [4.69, 9.17) is 4.74 Å². The normalized spacial score (nSPS) is 15.2. The molecule has 0 spiro atoms. The predicted octanol–water partition coefficient (Wildman–Crippen LogP) is 2.03. The Balaban J connectivity index is 1.54. The number of carbonyl (C=O) groups is 1. The summed E-state index contributed by atoms with van der Waals surface area (Å²) in [5.41, 5.74) is 0.767. The highest BCUT2D eigenvalue weighted by atomic mass is 32.2. The molecule has 8 heteroatoms. The van der Waals surface area contributed by atoms with Crippen LogP contribution in [0, 0.1) is 0 Å². The van der Waals surface area contributed by atoms with Crippen LogP contribution in [0.2, 0.25) is 0 Å². The van der Waals surface area contributed by atoms with Crippen molar-refractivity contribution in [2.45, 2.75) is 11.8 Å². The number of anilines is 1. The van der Waals surface area contributed by atoms with Crippen molar-refractivity contribution < 1.29 is 17.9 Å². The van der Waals surface area contributed by atoms with Crippen molar-refractivity contribution in [1.82, 2.24) is 9.21 Å². The molecule has 0 bridgehead atoms. The molecule has 0 unspecified atom stereocenters. The Hall–Kier alpha value is -2.58. The fraction of sp³-hybridized carbons (Fsp3) is 0.350. The van der Waals surface area contributed by atoms with Gasteiger partial charge in [0.05, 0.1) is 23.7 Å². The van der Waals surface area contributed by atoms with Gasteiger partial charge in [-0.15, -0.1) is 0 Å². The van der Waals surface area contributed by atoms with Crippen molar-refractivity contribution in [3.63, 3.8) is 0 Å². The Morgan fingerprint density at radius 1 is 1.00 bits per heavy atom. The molecule has 1 heterocycles. The van der Waals surface area contributed by atoms with Gasteiger partial charge >= 0.3 is 0 Å². The van der Waals surface area contributed by atoms with Crippen LogP contribution in [-0.2, 0) is 14.8 Å². The average molecular weight is 404 g/mol. The highest BCUT2D eigenvalue weighted by Crippen LogP contribution is 2.23. The third kappa shape index (κ3) is 4.63. The molecule has 1 amide bonds. The number of piperazine rings is 1. The largest absolute Gasteiger partial charge is 0.492 e. The molecule has 7 nitrogen and oxygen atoms in total. The van der Waals surface area contributed by atoms with Crippen molar-refractivity contribution in [1.29, 1.82) is 0 Å². The summed E-state index contributed by atoms with van der Waals surface area (Å²) in [7, 11) is -3.52. The number of benzene rings is 2. The lowest BCUT2D eigenvalue weighted by Crippen LogP contribution is -2.51. The minimum Gasteiger partial charge on any atom is -0.492 e. The second kappa shape index (κ2) is 9.07. The van der Waals surface area contributed by atoms with Gasteiger partial charge in [-0.2, -0.15) is 4.31 Å². The van der Waals surface area contributed by atoms with Gasteiger partial charge in [-0.1, -0.05) is 30.3 Å². The molecule has 150 valence electrons. The van der Waals surface area contributed by atoms with E-state index in [0.717, 1.165) is 5.69 Å². The van der Waals surface area contributed by atoms with Crippen LogP contribution < -0.4 is 10.1 Å². The van der Waals surface area contributed by atoms with Gasteiger partial charge in [-0.05, 0) is 31.2 Å². The van der Waals surface area contributed by atoms with E-state index in [1.165, 1.54) is 4.31 Å². The van der Waals surface area contributed by atoms with E-state index in [1.807, 2.05) is 31.2 Å². The van der Waals surface area contributed by atoms with Gasteiger partial charge in [0.1, 0.15) is 5.75 Å². The Bertz CT molecular complexity index is 895. The van der Waals surface area contributed by atoms with E-state index in [0.29, 0.717) is 38.5 Å². The number of para-hydroxylation sites is 2. The summed E-state index contributed by atoms with van der Waals surface area (Å²) < 4.78 is 32.3. The van der Waals surface area contributed by atoms with Crippen LogP contribution in [0.4, 0.5) is 5.69 Å². The maximum Gasteiger partial charge on any atom is 0.243 e. The number of hydrogen-bond donors (Lipinski definition) is 1. The van der Waals surface area contributed by atoms with Crippen LogP contribution in [0.15, 0.2) is 59.5 Å². The topological polar surface area (TPSA) is 79.0 Å². The predicted molar refractivity (Wildman–Crippen MR) is 108 cm³/mol. The van der Waals surface area contributed by atoms with Gasteiger partial charge in [-0.3, -0.25) is 4.79 Å². The lowest BCUT2D eigenvalue weighted by molar-refractivity contribution is -0.130. The molecule has 1 aliphatic heterocycles. The van der Waals surface area contributed by atoms with Crippen molar-refractivity contribution in [2.75, 3.05) is 44.6 Å². The van der Waals surface area contributed by atoms with Crippen molar-refractivity contribution >= 4 is 21.6 Å². The first kappa shape index (κ1) is 20.2. The first-order chi connectivity index (χ1) is 13.5. The van der Waals surface area contributed by atoms with E-state index >= 15 is 0 Å². The van der Waals surface area contributed by atoms with Crippen LogP contribution in [0.25, 0.3) is 0 Å². The fourth-order valence-corrected chi connectivity index (χ4v) is 4.54. The fourth-order valence-electron chi connectivity index (χ4n) is 3.10. The Morgan fingerprint density at radius 3 is 2.32 bits per heavy atom. The summed E-state index contributed by atoms with van der Waals surface area (Å²) in [4.78, 5) is 14.5. The SMILES string of the molecule is CCOc1ccccc1NCC(=O)N1CCN(S(=O)(=O)c2ccccc2)CC1. The summed E-state index contributed by atoms with van der Waals surface area (Å²) in [6, 6.07) is 15.8. The Labute approximate surface area is 166 Å². The van der Waals surface area contributed by atoms with E-state index in [2.05, 4.69) is 5.32 Å². The second-order valence-electron chi connectivity index (χ2n) is 6.38. The quantitative estimate of drug-likeness (QED) is 0.765. The standard InChI is InChI=1S/C20H25N3O4S/c1-2-27-19-11-7-6-10-18(19)21-16-20(24)22-12-14-23(15-13-22)28(25,26)17-8-4-3-5-9-17/h3-11,21H,2,12-16H2,1H3. The van der Waals surface area contributed by atoms with Crippen molar-refractivity contribution in [3.8, 4) is 5.75 Å². The molecule has 28 heavy (non-hydrogen) atoms. The number of carbonyl (C=O) groups excluding carboxylic acids is 1. The molecule has 2 aromatic carbocycles. The van der Waals surface area contributed by atoms with Gasteiger partial charge in [0, 0.05) is 26.2 Å². The third-order valence-electron chi connectivity index (χ3n) is 4.59. The number of amides is 1. The number of nitrogens with one attached hydrogen (secondary N) is 1. The smallest absolute Gasteiger partial charge is 0.243 e. The van der Waals surface area contributed by atoms with Gasteiger partial charge in [-0.25, -0.2) is 8.42 Å². The highest BCUT2D eigenvalue weighted by Gasteiger charge is 2.29. The monoisotopic (exact) mass is 403 g/mol. The molecule has 0 aromatic heterocycles. The van der Waals surface area contributed by atoms with Crippen LogP contribution >= 0.6 is 0 Å². The first-order valence-corrected chi connectivity index (χ1v) is 10.7. The molecule has 0 aliphatic carbocycles. The third-order valence-corrected chi connectivity index (χ3v) is 6.50. The highest BCUT2D eigenvalue weighted by molar-refractivity contribution is 7.89. The van der Waals surface area contributed by atoms with Gasteiger partial charge in [0.15, 0.2) is 0 Å². The lowest BCUT2D eigenvalue weighted by atomic mass is 10.3. The number of sulfonamides is 1. The van der Waals surface area contributed by atoms with E-state index in [9.17, 15) is 13.2 Å². The zero-order valence-electron chi connectivity index (χ0n) is 15.9. The zero-order valence-corrected chi connectivity index (χ0v) is 16.7. The number of ether oxygens (including phenoxy) is 1. The molecule has 3 rings (SSSR count). The summed E-state index contributed by atoms with van der Waals surface area (Å²) in [5.74, 6) is 0.639. The minimum absolute atomic E-state index is 0.0666. The molecule has 0 saturated carbocycles. The molecule has 0 radical (unpaired) electrons. The lowest BCUT2D eigenvalue weighted by Gasteiger charge is -2.34. The van der Waals surface area contributed by atoms with Crippen LogP contribution in [0.3, 0.4) is 0 Å². The van der Waals surface area contributed by atoms with Crippen LogP contribution in [-0.4, -0.2) is 62.9 Å². The van der Waals surface area contributed by atoms with E-state index in [1.54, 1.807) is 35.2 Å². The summed E-state index contributed by atoms with van der Waals surface area (Å²) in [5, 5.41) is 3.11. The summed E-state index contributed by atoms with van der Waals surface area (Å²) in [6.07, 6.45) is 0. The number of hydrogen-bond acceptors (Lipinski definition) is 5. The molecule has 1 N–H and O–H groups in total. The Kier molecular flexibility index (Phi) is 6.53. The second-order valence-corrected chi connectivity index (χ2v) is 8.32. The molecule has 0 atom stereocenters. The van der Waals surface area contributed by atoms with Gasteiger partial charge in [0.2, 0.25) is 15.9 Å². The molecule has 1 saturated heterocycles. The molecule has 1 fully saturated rings. The van der Waals surface area contributed by atoms with E-state index in [-0.39, 0.29) is 17.3 Å². The Morgan fingerprint density at radius 2 is 1.64 bits per heavy atom. The molecule has 2 aromatic rings. The van der Waals surface area contributed by atoms with Crippen molar-refractivity contribution in [3.05, 3.63) is 54.6 Å². The van der Waals surface area contributed by atoms with Crippen molar-refractivity contribution in [2.24, 2.45) is 0 Å². The van der Waals surface area contributed by atoms with E-state index < -0.39 is 10.0 Å². The zero-order chi connectivity index (χ0) is 20.0. The summed E-state index contributed by atoms with van der Waals surface area (Å²) in [6.45, 7) is 3.92. The first-order valence-electron chi connectivity index (χ1n) is 9.31. The number of nitrogens with zero attached hydrogens (tertiary/aromatic N) is 2. The molecule has 1 aliphatic rings. The van der Waals surface area contributed by atoms with Crippen LogP contribution in [0.5, 0.6) is 5.75 Å². The van der Waals surface area contributed by atoms with Gasteiger partial charge in [0.25, 0.3) is 0 Å². The van der Waals surface area contributed by atoms with Crippen LogP contribution in [0.1, 0.15) is 6.92 Å². The molecular weight excluding hydrogens is 378 g/mol. The average Bonchev–Trinajstić information content (AvgIpc) is 2.74. The maximum atomic E-state index is 12.7. The maximum absolute atomic E-state index is 12.7. The van der Waals surface area contributed by atoms with Gasteiger partial charge < -0.3 is 15.0 Å².